The predicted octanol–water partition coefficient (Wildman–Crippen LogP) is 2.81. The van der Waals surface area contributed by atoms with Gasteiger partial charge in [0, 0.05) is 31.4 Å². The molecule has 0 bridgehead atoms. The van der Waals surface area contributed by atoms with E-state index < -0.39 is 0 Å². The Morgan fingerprint density at radius 1 is 1.32 bits per heavy atom. The van der Waals surface area contributed by atoms with Gasteiger partial charge in [-0.3, -0.25) is 4.99 Å². The highest BCUT2D eigenvalue weighted by molar-refractivity contribution is 7.99. The highest BCUT2D eigenvalue weighted by Gasteiger charge is 2.16. The predicted molar refractivity (Wildman–Crippen MR) is 101 cm³/mol. The summed E-state index contributed by atoms with van der Waals surface area (Å²) >= 11 is 1.88. The Kier molecular flexibility index (Phi) is 9.25. The van der Waals surface area contributed by atoms with Gasteiger partial charge in [0.25, 0.3) is 0 Å². The van der Waals surface area contributed by atoms with Gasteiger partial charge in [-0.15, -0.1) is 0 Å². The van der Waals surface area contributed by atoms with Crippen molar-refractivity contribution in [1.29, 1.82) is 0 Å². The topological polar surface area (TPSA) is 39.7 Å². The normalized spacial score (nSPS) is 21.0. The molecule has 1 saturated heterocycles. The molecule has 22 heavy (non-hydrogen) atoms. The minimum absolute atomic E-state index is 0.239. The molecule has 0 spiro atoms. The van der Waals surface area contributed by atoms with Crippen molar-refractivity contribution in [2.75, 3.05) is 46.0 Å². The summed E-state index contributed by atoms with van der Waals surface area (Å²) in [5, 5.41) is 6.84. The zero-order chi connectivity index (χ0) is 16.4. The summed E-state index contributed by atoms with van der Waals surface area (Å²) in [5.74, 6) is 1.81. The number of aliphatic imine (C=N–C) groups is 1. The van der Waals surface area contributed by atoms with E-state index in [9.17, 15) is 0 Å². The summed E-state index contributed by atoms with van der Waals surface area (Å²) in [7, 11) is 1.84. The highest BCUT2D eigenvalue weighted by atomic mass is 32.2. The van der Waals surface area contributed by atoms with Gasteiger partial charge in [0.05, 0.1) is 0 Å². The number of guanidine groups is 1. The van der Waals surface area contributed by atoms with Crippen molar-refractivity contribution in [2.24, 2.45) is 10.9 Å². The molecule has 1 atom stereocenters. The molecule has 0 saturated carbocycles. The fourth-order valence-electron chi connectivity index (χ4n) is 2.75. The highest BCUT2D eigenvalue weighted by Crippen LogP contribution is 2.19. The first kappa shape index (κ1) is 19.6. The molecule has 0 aliphatic carbocycles. The number of nitrogens with zero attached hydrogens (tertiary/aromatic N) is 2. The first-order valence-electron chi connectivity index (χ1n) is 8.69. The number of unbranched alkanes of at least 4 members (excludes halogenated alkanes) is 1. The van der Waals surface area contributed by atoms with Crippen LogP contribution in [0, 0.1) is 5.92 Å². The van der Waals surface area contributed by atoms with E-state index in [2.05, 4.69) is 47.6 Å². The quantitative estimate of drug-likeness (QED) is 0.408. The van der Waals surface area contributed by atoms with Crippen molar-refractivity contribution in [3.8, 4) is 0 Å². The standard InChI is InChI=1S/C17H36N4S/c1-15-9-8-12-21(13-15)11-7-6-10-19-16(18-4)20-14-17(2,3)22-5/h15H,6-14H2,1-5H3,(H2,18,19,20). The van der Waals surface area contributed by atoms with Crippen LogP contribution in [0.25, 0.3) is 0 Å². The third-order valence-corrected chi connectivity index (χ3v) is 5.64. The third-order valence-electron chi connectivity index (χ3n) is 4.39. The molecule has 1 rings (SSSR count). The molecule has 0 amide bonds. The van der Waals surface area contributed by atoms with Crippen LogP contribution in [0.4, 0.5) is 0 Å². The molecular weight excluding hydrogens is 292 g/mol. The molecule has 0 aromatic heterocycles. The minimum Gasteiger partial charge on any atom is -0.356 e. The summed E-state index contributed by atoms with van der Waals surface area (Å²) in [6, 6.07) is 0. The Morgan fingerprint density at radius 2 is 2.09 bits per heavy atom. The SMILES string of the molecule is CN=C(NCCCCN1CCCC(C)C1)NCC(C)(C)SC. The van der Waals surface area contributed by atoms with E-state index in [1.807, 2.05) is 18.8 Å². The van der Waals surface area contributed by atoms with E-state index >= 15 is 0 Å². The first-order valence-corrected chi connectivity index (χ1v) is 9.91. The van der Waals surface area contributed by atoms with Crippen LogP contribution in [-0.2, 0) is 0 Å². The maximum atomic E-state index is 4.30. The maximum absolute atomic E-state index is 4.30. The van der Waals surface area contributed by atoms with E-state index in [0.717, 1.165) is 25.0 Å². The molecule has 4 nitrogen and oxygen atoms in total. The molecule has 1 fully saturated rings. The number of likely N-dealkylation sites (tertiary alicyclic amines) is 1. The average molecular weight is 329 g/mol. The van der Waals surface area contributed by atoms with Crippen molar-refractivity contribution in [3.05, 3.63) is 0 Å². The Hall–Kier alpha value is -0.420. The summed E-state index contributed by atoms with van der Waals surface area (Å²) in [6.45, 7) is 12.6. The van der Waals surface area contributed by atoms with Crippen molar-refractivity contribution < 1.29 is 0 Å². The molecule has 1 heterocycles. The van der Waals surface area contributed by atoms with Crippen LogP contribution in [0.15, 0.2) is 4.99 Å². The van der Waals surface area contributed by atoms with Crippen molar-refractivity contribution in [2.45, 2.75) is 51.2 Å². The van der Waals surface area contributed by atoms with Crippen molar-refractivity contribution in [1.82, 2.24) is 15.5 Å². The van der Waals surface area contributed by atoms with E-state index in [4.69, 9.17) is 0 Å². The zero-order valence-corrected chi connectivity index (χ0v) is 16.1. The number of nitrogens with one attached hydrogen (secondary N) is 2. The van der Waals surface area contributed by atoms with Gasteiger partial charge < -0.3 is 15.5 Å². The number of hydrogen-bond donors (Lipinski definition) is 2. The lowest BCUT2D eigenvalue weighted by Gasteiger charge is -2.30. The molecule has 5 heteroatoms. The molecule has 0 aromatic rings. The van der Waals surface area contributed by atoms with Gasteiger partial charge in [-0.1, -0.05) is 6.92 Å². The smallest absolute Gasteiger partial charge is 0.191 e. The average Bonchev–Trinajstić information content (AvgIpc) is 2.50. The van der Waals surface area contributed by atoms with Gasteiger partial charge in [0.15, 0.2) is 5.96 Å². The van der Waals surface area contributed by atoms with E-state index in [1.54, 1.807) is 0 Å². The third kappa shape index (κ3) is 8.28. The molecular formula is C17H36N4S. The summed E-state index contributed by atoms with van der Waals surface area (Å²) in [5.41, 5.74) is 0. The number of piperidine rings is 1. The summed E-state index contributed by atoms with van der Waals surface area (Å²) in [6.07, 6.45) is 7.41. The lowest BCUT2D eigenvalue weighted by atomic mass is 10.0. The molecule has 0 radical (unpaired) electrons. The molecule has 1 aliphatic heterocycles. The van der Waals surface area contributed by atoms with Crippen molar-refractivity contribution in [3.63, 3.8) is 0 Å². The van der Waals surface area contributed by atoms with Gasteiger partial charge in [0.2, 0.25) is 0 Å². The van der Waals surface area contributed by atoms with Crippen LogP contribution in [0.3, 0.4) is 0 Å². The zero-order valence-electron chi connectivity index (χ0n) is 15.2. The van der Waals surface area contributed by atoms with Crippen LogP contribution in [0.2, 0.25) is 0 Å². The molecule has 0 aromatic carbocycles. The van der Waals surface area contributed by atoms with E-state index in [-0.39, 0.29) is 4.75 Å². The number of hydrogen-bond acceptors (Lipinski definition) is 3. The molecule has 130 valence electrons. The maximum Gasteiger partial charge on any atom is 0.191 e. The Labute approximate surface area is 141 Å². The second-order valence-electron chi connectivity index (χ2n) is 7.07. The fraction of sp³-hybridized carbons (Fsp3) is 0.941. The van der Waals surface area contributed by atoms with Crippen LogP contribution >= 0.6 is 11.8 Å². The van der Waals surface area contributed by atoms with Gasteiger partial charge in [-0.2, -0.15) is 11.8 Å². The molecule has 1 unspecified atom stereocenters. The number of rotatable bonds is 8. The lowest BCUT2D eigenvalue weighted by molar-refractivity contribution is 0.181. The van der Waals surface area contributed by atoms with Crippen LogP contribution in [0.5, 0.6) is 0 Å². The Balaban J connectivity index is 2.09. The Morgan fingerprint density at radius 3 is 2.73 bits per heavy atom. The van der Waals surface area contributed by atoms with Gasteiger partial charge in [0.1, 0.15) is 0 Å². The van der Waals surface area contributed by atoms with Crippen LogP contribution in [0.1, 0.15) is 46.5 Å². The minimum atomic E-state index is 0.239. The second kappa shape index (κ2) is 10.4. The second-order valence-corrected chi connectivity index (χ2v) is 8.58. The van der Waals surface area contributed by atoms with Crippen molar-refractivity contribution >= 4 is 17.7 Å². The molecule has 1 aliphatic rings. The van der Waals surface area contributed by atoms with E-state index in [0.29, 0.717) is 0 Å². The fourth-order valence-corrected chi connectivity index (χ4v) is 2.96. The largest absolute Gasteiger partial charge is 0.356 e. The Bertz CT molecular complexity index is 331. The van der Waals surface area contributed by atoms with Crippen LogP contribution in [-0.4, -0.2) is 61.6 Å². The van der Waals surface area contributed by atoms with Crippen LogP contribution < -0.4 is 10.6 Å². The lowest BCUT2D eigenvalue weighted by Crippen LogP contribution is -2.43. The first-order chi connectivity index (χ1) is 10.5. The van der Waals surface area contributed by atoms with Gasteiger partial charge >= 0.3 is 0 Å². The van der Waals surface area contributed by atoms with Gasteiger partial charge in [-0.05, 0) is 64.8 Å². The monoisotopic (exact) mass is 328 g/mol. The molecule has 2 N–H and O–H groups in total. The number of thioether (sulfide) groups is 1. The van der Waals surface area contributed by atoms with E-state index in [1.165, 1.54) is 45.3 Å². The summed E-state index contributed by atoms with van der Waals surface area (Å²) < 4.78 is 0.239. The van der Waals surface area contributed by atoms with Gasteiger partial charge in [-0.25, -0.2) is 0 Å². The summed E-state index contributed by atoms with van der Waals surface area (Å²) in [4.78, 5) is 6.92.